The fourth-order valence-electron chi connectivity index (χ4n) is 3.02. The van der Waals surface area contributed by atoms with Crippen LogP contribution < -0.4 is 15.4 Å². The first kappa shape index (κ1) is 24.0. The number of benzene rings is 1. The Morgan fingerprint density at radius 2 is 1.89 bits per heavy atom. The average Bonchev–Trinajstić information content (AvgIpc) is 2.66. The monoisotopic (exact) mass is 490 g/mol. The maximum Gasteiger partial charge on any atom is 0.191 e. The van der Waals surface area contributed by atoms with Gasteiger partial charge in [0.2, 0.25) is 0 Å². The van der Waals surface area contributed by atoms with Crippen molar-refractivity contribution in [3.8, 4) is 5.75 Å². The first-order valence-corrected chi connectivity index (χ1v) is 9.62. The van der Waals surface area contributed by atoms with Crippen molar-refractivity contribution in [2.75, 3.05) is 46.0 Å². The van der Waals surface area contributed by atoms with Gasteiger partial charge in [-0.15, -0.1) is 24.0 Å². The van der Waals surface area contributed by atoms with Crippen LogP contribution >= 0.6 is 24.0 Å². The van der Waals surface area contributed by atoms with Crippen molar-refractivity contribution in [3.63, 3.8) is 0 Å². The summed E-state index contributed by atoms with van der Waals surface area (Å²) in [6.07, 6.45) is 0. The molecule has 6 nitrogen and oxygen atoms in total. The molecule has 1 aromatic carbocycles. The summed E-state index contributed by atoms with van der Waals surface area (Å²) in [7, 11) is 0. The minimum absolute atomic E-state index is 0. The molecule has 0 bridgehead atoms. The van der Waals surface area contributed by atoms with E-state index < -0.39 is 0 Å². The lowest BCUT2D eigenvalue weighted by atomic mass is 10.0. The molecule has 2 rings (SSSR count). The van der Waals surface area contributed by atoms with Gasteiger partial charge >= 0.3 is 0 Å². The summed E-state index contributed by atoms with van der Waals surface area (Å²) in [6, 6.07) is 8.08. The summed E-state index contributed by atoms with van der Waals surface area (Å²) in [4.78, 5) is 7.22. The van der Waals surface area contributed by atoms with Gasteiger partial charge in [-0.3, -0.25) is 4.90 Å². The van der Waals surface area contributed by atoms with Gasteiger partial charge < -0.3 is 20.1 Å². The fraction of sp³-hybridized carbons (Fsp3) is 0.650. The number of morpholine rings is 1. The maximum absolute atomic E-state index is 5.69. The van der Waals surface area contributed by atoms with E-state index in [1.54, 1.807) is 0 Å². The third-order valence-electron chi connectivity index (χ3n) is 4.58. The van der Waals surface area contributed by atoms with Crippen LogP contribution in [0.3, 0.4) is 0 Å². The molecule has 1 fully saturated rings. The largest absolute Gasteiger partial charge is 0.494 e. The fourth-order valence-corrected chi connectivity index (χ4v) is 3.02. The summed E-state index contributed by atoms with van der Waals surface area (Å²) >= 11 is 0. The van der Waals surface area contributed by atoms with Crippen LogP contribution in [0, 0.1) is 0 Å². The number of nitrogens with zero attached hydrogens (tertiary/aromatic N) is 2. The summed E-state index contributed by atoms with van der Waals surface area (Å²) in [6.45, 7) is 15.1. The van der Waals surface area contributed by atoms with E-state index in [4.69, 9.17) is 14.5 Å². The smallest absolute Gasteiger partial charge is 0.191 e. The van der Waals surface area contributed by atoms with Crippen LogP contribution in [0.4, 0.5) is 0 Å². The predicted molar refractivity (Wildman–Crippen MR) is 122 cm³/mol. The van der Waals surface area contributed by atoms with Crippen LogP contribution in [-0.2, 0) is 11.3 Å². The van der Waals surface area contributed by atoms with Crippen molar-refractivity contribution >= 4 is 29.9 Å². The maximum atomic E-state index is 5.69. The van der Waals surface area contributed by atoms with Crippen molar-refractivity contribution in [2.24, 2.45) is 4.99 Å². The molecule has 0 aromatic heterocycles. The average molecular weight is 490 g/mol. The molecule has 0 radical (unpaired) electrons. The van der Waals surface area contributed by atoms with Crippen LogP contribution in [0.2, 0.25) is 0 Å². The van der Waals surface area contributed by atoms with Gasteiger partial charge in [-0.25, -0.2) is 4.99 Å². The van der Waals surface area contributed by atoms with Crippen LogP contribution in [-0.4, -0.2) is 62.4 Å². The molecular weight excluding hydrogens is 455 g/mol. The summed E-state index contributed by atoms with van der Waals surface area (Å²) in [5.41, 5.74) is 1.14. The molecule has 27 heavy (non-hydrogen) atoms. The first-order chi connectivity index (χ1) is 12.6. The third-order valence-corrected chi connectivity index (χ3v) is 4.58. The Kier molecular flexibility index (Phi) is 11.0. The Balaban J connectivity index is 0.00000364. The molecule has 0 saturated carbocycles. The van der Waals surface area contributed by atoms with Gasteiger partial charge in [-0.2, -0.15) is 0 Å². The molecule has 154 valence electrons. The van der Waals surface area contributed by atoms with Gasteiger partial charge in [0.1, 0.15) is 5.75 Å². The number of hydrogen-bond acceptors (Lipinski definition) is 4. The molecule has 0 unspecified atom stereocenters. The quantitative estimate of drug-likeness (QED) is 0.334. The summed E-state index contributed by atoms with van der Waals surface area (Å²) in [5, 5.41) is 6.83. The SMILES string of the molecule is CCNC(=NCc1ccccc1OCC)NCC(C)(C)N1CCOCC1.I. The molecule has 2 N–H and O–H groups in total. The number of nitrogens with one attached hydrogen (secondary N) is 2. The number of rotatable bonds is 8. The molecular formula is C20H35IN4O2. The highest BCUT2D eigenvalue weighted by atomic mass is 127. The number of ether oxygens (including phenoxy) is 2. The van der Waals surface area contributed by atoms with E-state index in [9.17, 15) is 0 Å². The molecule has 0 atom stereocenters. The lowest BCUT2D eigenvalue weighted by Gasteiger charge is -2.41. The number of halogens is 1. The highest BCUT2D eigenvalue weighted by Gasteiger charge is 2.28. The van der Waals surface area contributed by atoms with Crippen LogP contribution in [0.25, 0.3) is 0 Å². The van der Waals surface area contributed by atoms with E-state index in [0.717, 1.165) is 56.7 Å². The van der Waals surface area contributed by atoms with E-state index in [0.29, 0.717) is 13.2 Å². The number of guanidine groups is 1. The van der Waals surface area contributed by atoms with Gasteiger partial charge in [0.15, 0.2) is 5.96 Å². The Labute approximate surface area is 181 Å². The van der Waals surface area contributed by atoms with Gasteiger partial charge in [-0.1, -0.05) is 18.2 Å². The van der Waals surface area contributed by atoms with E-state index in [-0.39, 0.29) is 29.5 Å². The zero-order valence-electron chi connectivity index (χ0n) is 17.1. The van der Waals surface area contributed by atoms with Crippen LogP contribution in [0.5, 0.6) is 5.75 Å². The number of aliphatic imine (C=N–C) groups is 1. The predicted octanol–water partition coefficient (Wildman–Crippen LogP) is 2.87. The van der Waals surface area contributed by atoms with E-state index >= 15 is 0 Å². The second-order valence-electron chi connectivity index (χ2n) is 7.00. The lowest BCUT2D eigenvalue weighted by Crippen LogP contribution is -2.56. The molecule has 0 aliphatic carbocycles. The highest BCUT2D eigenvalue weighted by Crippen LogP contribution is 2.19. The minimum atomic E-state index is 0. The van der Waals surface area contributed by atoms with Gasteiger partial charge in [0.25, 0.3) is 0 Å². The van der Waals surface area contributed by atoms with Crippen molar-refractivity contribution in [1.29, 1.82) is 0 Å². The summed E-state index contributed by atoms with van der Waals surface area (Å²) in [5.74, 6) is 1.74. The minimum Gasteiger partial charge on any atom is -0.494 e. The van der Waals surface area contributed by atoms with E-state index in [1.165, 1.54) is 0 Å². The molecule has 1 aliphatic rings. The van der Waals surface area contributed by atoms with Gasteiger partial charge in [0, 0.05) is 37.3 Å². The summed E-state index contributed by atoms with van der Waals surface area (Å²) < 4.78 is 11.2. The zero-order chi connectivity index (χ0) is 18.8. The van der Waals surface area contributed by atoms with E-state index in [1.807, 2.05) is 25.1 Å². The highest BCUT2D eigenvalue weighted by molar-refractivity contribution is 14.0. The van der Waals surface area contributed by atoms with Crippen molar-refractivity contribution < 1.29 is 9.47 Å². The van der Waals surface area contributed by atoms with Crippen LogP contribution in [0.15, 0.2) is 29.3 Å². The van der Waals surface area contributed by atoms with Crippen LogP contribution in [0.1, 0.15) is 33.3 Å². The third kappa shape index (κ3) is 7.83. The Morgan fingerprint density at radius 3 is 2.56 bits per heavy atom. The van der Waals surface area contributed by atoms with Gasteiger partial charge in [0.05, 0.1) is 26.4 Å². The topological polar surface area (TPSA) is 58.1 Å². The Bertz CT molecular complexity index is 575. The molecule has 1 saturated heterocycles. The Morgan fingerprint density at radius 1 is 1.19 bits per heavy atom. The number of hydrogen-bond donors (Lipinski definition) is 2. The second kappa shape index (κ2) is 12.4. The molecule has 0 spiro atoms. The van der Waals surface area contributed by atoms with Crippen molar-refractivity contribution in [3.05, 3.63) is 29.8 Å². The second-order valence-corrected chi connectivity index (χ2v) is 7.00. The van der Waals surface area contributed by atoms with Crippen molar-refractivity contribution in [1.82, 2.24) is 15.5 Å². The lowest BCUT2D eigenvalue weighted by molar-refractivity contribution is -0.00834. The molecule has 0 amide bonds. The first-order valence-electron chi connectivity index (χ1n) is 9.62. The van der Waals surface area contributed by atoms with E-state index in [2.05, 4.69) is 42.4 Å². The number of para-hydroxylation sites is 1. The van der Waals surface area contributed by atoms with Gasteiger partial charge in [-0.05, 0) is 33.8 Å². The molecule has 1 aromatic rings. The molecule has 1 heterocycles. The Hall–Kier alpha value is -1.06. The van der Waals surface area contributed by atoms with Crippen molar-refractivity contribution in [2.45, 2.75) is 39.8 Å². The standard InChI is InChI=1S/C20H34N4O2.HI/c1-5-21-19(22-15-17-9-7-8-10-18(17)26-6-2)23-16-20(3,4)24-11-13-25-14-12-24;/h7-10H,5-6,11-16H2,1-4H3,(H2,21,22,23);1H. The zero-order valence-corrected chi connectivity index (χ0v) is 19.4. The molecule has 1 aliphatic heterocycles. The molecule has 7 heteroatoms. The normalized spacial score (nSPS) is 15.8.